The number of hydrogen-bond donors (Lipinski definition) is 1. The third kappa shape index (κ3) is 4.14. The van der Waals surface area contributed by atoms with Gasteiger partial charge in [0.15, 0.2) is 12.4 Å². The topological polar surface area (TPSA) is 73.6 Å². The number of rotatable bonds is 6. The van der Waals surface area contributed by atoms with Gasteiger partial charge < -0.3 is 15.1 Å². The van der Waals surface area contributed by atoms with E-state index in [0.717, 1.165) is 16.8 Å². The highest BCUT2D eigenvalue weighted by Crippen LogP contribution is 2.19. The lowest BCUT2D eigenvalue weighted by Crippen LogP contribution is -2.15. The second-order valence-corrected chi connectivity index (χ2v) is 5.58. The summed E-state index contributed by atoms with van der Waals surface area (Å²) >= 11 is 6.08. The van der Waals surface area contributed by atoms with Crippen molar-refractivity contribution < 1.29 is 9.36 Å². The quantitative estimate of drug-likeness (QED) is 0.417. The maximum Gasteiger partial charge on any atom is 0.177 e. The lowest BCUT2D eigenvalue weighted by Gasteiger charge is -2.03. The molecular weight excluding hydrogens is 326 g/mol. The average Bonchev–Trinajstić information content (AvgIpc) is 3.07. The Kier molecular flexibility index (Phi) is 5.13. The zero-order chi connectivity index (χ0) is 16.8. The first-order valence-electron chi connectivity index (χ1n) is 7.41. The van der Waals surface area contributed by atoms with Crippen LogP contribution in [-0.4, -0.2) is 11.0 Å². The van der Waals surface area contributed by atoms with Gasteiger partial charge in [-0.15, -0.1) is 0 Å². The van der Waals surface area contributed by atoms with Crippen molar-refractivity contribution in [3.8, 4) is 11.3 Å². The molecule has 0 atom stereocenters. The number of nitrogens with two attached hydrogens (primary N) is 1. The van der Waals surface area contributed by atoms with Gasteiger partial charge in [0, 0.05) is 23.1 Å². The minimum Gasteiger partial charge on any atom is -0.386 e. The molecule has 0 saturated carbocycles. The van der Waals surface area contributed by atoms with E-state index in [1.165, 1.54) is 0 Å². The third-order valence-electron chi connectivity index (χ3n) is 3.35. The van der Waals surface area contributed by atoms with Crippen LogP contribution >= 0.6 is 11.6 Å². The Morgan fingerprint density at radius 1 is 1.12 bits per heavy atom. The molecular formula is C18H16ClN3O2. The molecule has 0 fully saturated rings. The van der Waals surface area contributed by atoms with Crippen molar-refractivity contribution in [1.82, 2.24) is 5.16 Å². The Bertz CT molecular complexity index is 831. The van der Waals surface area contributed by atoms with Crippen molar-refractivity contribution in [3.05, 3.63) is 77.0 Å². The van der Waals surface area contributed by atoms with E-state index in [2.05, 4.69) is 10.3 Å². The molecule has 6 heteroatoms. The third-order valence-corrected chi connectivity index (χ3v) is 3.72. The molecule has 122 valence electrons. The normalized spacial score (nSPS) is 11.5. The van der Waals surface area contributed by atoms with Gasteiger partial charge in [0.05, 0.1) is 0 Å². The molecule has 3 aromatic rings. The van der Waals surface area contributed by atoms with E-state index in [0.29, 0.717) is 23.0 Å². The predicted molar refractivity (Wildman–Crippen MR) is 93.5 cm³/mol. The Morgan fingerprint density at radius 3 is 2.67 bits per heavy atom. The van der Waals surface area contributed by atoms with E-state index < -0.39 is 0 Å². The first kappa shape index (κ1) is 16.1. The van der Waals surface area contributed by atoms with E-state index in [1.54, 1.807) is 0 Å². The SMILES string of the molecule is N/C(Cc1ccccc1Cl)=N\OCc1cc(-c2ccccc2)no1. The van der Waals surface area contributed by atoms with E-state index >= 15 is 0 Å². The van der Waals surface area contributed by atoms with Crippen LogP contribution in [0.2, 0.25) is 5.02 Å². The van der Waals surface area contributed by atoms with Crippen molar-refractivity contribution in [2.24, 2.45) is 10.9 Å². The molecule has 0 aliphatic heterocycles. The summed E-state index contributed by atoms with van der Waals surface area (Å²) in [6.07, 6.45) is 0.422. The lowest BCUT2D eigenvalue weighted by molar-refractivity contribution is 0.108. The van der Waals surface area contributed by atoms with Gasteiger partial charge in [0.1, 0.15) is 11.5 Å². The van der Waals surface area contributed by atoms with Crippen LogP contribution in [0.15, 0.2) is 70.3 Å². The molecule has 1 heterocycles. The van der Waals surface area contributed by atoms with Crippen LogP contribution in [0.5, 0.6) is 0 Å². The second kappa shape index (κ2) is 7.66. The molecule has 0 aliphatic rings. The zero-order valence-corrected chi connectivity index (χ0v) is 13.6. The molecule has 2 aromatic carbocycles. The Morgan fingerprint density at radius 2 is 1.88 bits per heavy atom. The number of aromatic nitrogens is 1. The summed E-state index contributed by atoms with van der Waals surface area (Å²) in [5, 5.41) is 8.55. The molecule has 0 bridgehead atoms. The van der Waals surface area contributed by atoms with Crippen LogP contribution in [0.25, 0.3) is 11.3 Å². The number of halogens is 1. The van der Waals surface area contributed by atoms with Gasteiger partial charge in [-0.1, -0.05) is 70.4 Å². The molecule has 1 aromatic heterocycles. The number of nitrogens with zero attached hydrogens (tertiary/aromatic N) is 2. The van der Waals surface area contributed by atoms with Crippen LogP contribution < -0.4 is 5.73 Å². The maximum atomic E-state index is 6.08. The fourth-order valence-electron chi connectivity index (χ4n) is 2.17. The monoisotopic (exact) mass is 341 g/mol. The summed E-state index contributed by atoms with van der Waals surface area (Å²) in [5.41, 5.74) is 8.49. The fraction of sp³-hybridized carbons (Fsp3) is 0.111. The van der Waals surface area contributed by atoms with E-state index in [1.807, 2.05) is 60.7 Å². The molecule has 0 amide bonds. The first-order valence-corrected chi connectivity index (χ1v) is 7.79. The van der Waals surface area contributed by atoms with Crippen LogP contribution in [0.3, 0.4) is 0 Å². The summed E-state index contributed by atoms with van der Waals surface area (Å²) in [5.74, 6) is 0.911. The number of hydrogen-bond acceptors (Lipinski definition) is 4. The number of amidine groups is 1. The summed E-state index contributed by atoms with van der Waals surface area (Å²) in [6.45, 7) is 0.156. The molecule has 0 aliphatic carbocycles. The van der Waals surface area contributed by atoms with Crippen LogP contribution in [0.4, 0.5) is 0 Å². The van der Waals surface area contributed by atoms with Crippen LogP contribution in [0.1, 0.15) is 11.3 Å². The molecule has 0 spiro atoms. The van der Waals surface area contributed by atoms with Crippen molar-refractivity contribution in [2.75, 3.05) is 0 Å². The van der Waals surface area contributed by atoms with Crippen molar-refractivity contribution in [2.45, 2.75) is 13.0 Å². The average molecular weight is 342 g/mol. The smallest absolute Gasteiger partial charge is 0.177 e. The lowest BCUT2D eigenvalue weighted by atomic mass is 10.1. The van der Waals surface area contributed by atoms with Gasteiger partial charge in [-0.25, -0.2) is 0 Å². The summed E-state index contributed by atoms with van der Waals surface area (Å²) < 4.78 is 5.23. The standard InChI is InChI=1S/C18H16ClN3O2/c19-16-9-5-4-8-14(16)10-18(20)22-23-12-15-11-17(21-24-15)13-6-2-1-3-7-13/h1-9,11H,10,12H2,(H2,20,22). The molecule has 5 nitrogen and oxygen atoms in total. The highest BCUT2D eigenvalue weighted by atomic mass is 35.5. The van der Waals surface area contributed by atoms with E-state index in [9.17, 15) is 0 Å². The Labute approximate surface area is 144 Å². The summed E-state index contributed by atoms with van der Waals surface area (Å²) in [6, 6.07) is 19.0. The maximum absolute atomic E-state index is 6.08. The van der Waals surface area contributed by atoms with E-state index in [4.69, 9.17) is 26.7 Å². The number of benzene rings is 2. The molecule has 3 rings (SSSR count). The van der Waals surface area contributed by atoms with Gasteiger partial charge in [-0.3, -0.25) is 0 Å². The van der Waals surface area contributed by atoms with Crippen molar-refractivity contribution in [1.29, 1.82) is 0 Å². The second-order valence-electron chi connectivity index (χ2n) is 5.17. The molecule has 2 N–H and O–H groups in total. The van der Waals surface area contributed by atoms with Crippen molar-refractivity contribution >= 4 is 17.4 Å². The minimum atomic E-state index is 0.156. The first-order chi connectivity index (χ1) is 11.7. The van der Waals surface area contributed by atoms with Crippen molar-refractivity contribution in [3.63, 3.8) is 0 Å². The number of oxime groups is 1. The molecule has 0 unspecified atom stereocenters. The predicted octanol–water partition coefficient (Wildman–Crippen LogP) is 4.03. The Hall–Kier alpha value is -2.79. The van der Waals surface area contributed by atoms with Gasteiger partial charge in [-0.05, 0) is 11.6 Å². The largest absolute Gasteiger partial charge is 0.386 e. The fourth-order valence-corrected chi connectivity index (χ4v) is 2.38. The minimum absolute atomic E-state index is 0.156. The molecule has 24 heavy (non-hydrogen) atoms. The zero-order valence-electron chi connectivity index (χ0n) is 12.9. The van der Waals surface area contributed by atoms with Gasteiger partial charge in [0.2, 0.25) is 0 Å². The van der Waals surface area contributed by atoms with Gasteiger partial charge >= 0.3 is 0 Å². The van der Waals surface area contributed by atoms with E-state index in [-0.39, 0.29) is 6.61 Å². The van der Waals surface area contributed by atoms with Crippen LogP contribution in [0, 0.1) is 0 Å². The van der Waals surface area contributed by atoms with Gasteiger partial charge in [0.25, 0.3) is 0 Å². The Balaban J connectivity index is 1.56. The highest BCUT2D eigenvalue weighted by Gasteiger charge is 2.07. The summed E-state index contributed by atoms with van der Waals surface area (Å²) in [4.78, 5) is 5.23. The van der Waals surface area contributed by atoms with Crippen LogP contribution in [-0.2, 0) is 17.9 Å². The highest BCUT2D eigenvalue weighted by molar-refractivity contribution is 6.31. The molecule has 0 radical (unpaired) electrons. The summed E-state index contributed by atoms with van der Waals surface area (Å²) in [7, 11) is 0. The molecule has 0 saturated heterocycles. The van der Waals surface area contributed by atoms with Gasteiger partial charge in [-0.2, -0.15) is 0 Å².